The molecule has 0 amide bonds. The average Bonchev–Trinajstić information content (AvgIpc) is 2.69. The standard InChI is InChI=1S/C11H10BrFN2S/c12-8-5-10(16-6-8)11(15-14)7-1-3-9(13)4-2-7/h1-6,11,15H,14H2. The van der Waals surface area contributed by atoms with Gasteiger partial charge in [-0.15, -0.1) is 11.3 Å². The zero-order valence-corrected chi connectivity index (χ0v) is 10.7. The van der Waals surface area contributed by atoms with Crippen LogP contribution in [0.4, 0.5) is 4.39 Å². The topological polar surface area (TPSA) is 38.0 Å². The van der Waals surface area contributed by atoms with Gasteiger partial charge in [0.1, 0.15) is 5.82 Å². The van der Waals surface area contributed by atoms with Crippen LogP contribution in [0.1, 0.15) is 16.5 Å². The van der Waals surface area contributed by atoms with E-state index >= 15 is 0 Å². The minimum Gasteiger partial charge on any atom is -0.271 e. The van der Waals surface area contributed by atoms with Gasteiger partial charge in [-0.2, -0.15) is 0 Å². The summed E-state index contributed by atoms with van der Waals surface area (Å²) >= 11 is 4.99. The predicted octanol–water partition coefficient (Wildman–Crippen LogP) is 3.20. The molecule has 0 bridgehead atoms. The van der Waals surface area contributed by atoms with E-state index in [0.29, 0.717) is 0 Å². The minimum absolute atomic E-state index is 0.100. The van der Waals surface area contributed by atoms with E-state index in [1.807, 2.05) is 11.4 Å². The molecule has 0 saturated heterocycles. The lowest BCUT2D eigenvalue weighted by Gasteiger charge is -2.14. The maximum absolute atomic E-state index is 12.8. The Labute approximate surface area is 105 Å². The summed E-state index contributed by atoms with van der Waals surface area (Å²) in [5, 5.41) is 1.99. The summed E-state index contributed by atoms with van der Waals surface area (Å²) in [6.45, 7) is 0. The number of nitrogens with two attached hydrogens (primary N) is 1. The van der Waals surface area contributed by atoms with Crippen molar-refractivity contribution in [1.82, 2.24) is 5.43 Å². The second-order valence-electron chi connectivity index (χ2n) is 3.32. The Morgan fingerprint density at radius 3 is 2.50 bits per heavy atom. The van der Waals surface area contributed by atoms with Crippen LogP contribution in [0.25, 0.3) is 0 Å². The number of nitrogens with one attached hydrogen (secondary N) is 1. The van der Waals surface area contributed by atoms with Crippen LogP contribution in [0.5, 0.6) is 0 Å². The largest absolute Gasteiger partial charge is 0.271 e. The lowest BCUT2D eigenvalue weighted by molar-refractivity contribution is 0.618. The molecule has 84 valence electrons. The highest BCUT2D eigenvalue weighted by atomic mass is 79.9. The molecule has 0 spiro atoms. The maximum atomic E-state index is 12.8. The van der Waals surface area contributed by atoms with E-state index in [4.69, 9.17) is 5.84 Å². The highest BCUT2D eigenvalue weighted by Crippen LogP contribution is 2.29. The third-order valence-corrected chi connectivity index (χ3v) is 4.00. The fourth-order valence-corrected chi connectivity index (χ4v) is 3.01. The van der Waals surface area contributed by atoms with Crippen molar-refractivity contribution >= 4 is 27.3 Å². The fraction of sp³-hybridized carbons (Fsp3) is 0.0909. The fourth-order valence-electron chi connectivity index (χ4n) is 1.48. The Morgan fingerprint density at radius 1 is 1.31 bits per heavy atom. The predicted molar refractivity (Wildman–Crippen MR) is 67.6 cm³/mol. The van der Waals surface area contributed by atoms with Crippen LogP contribution in [0.2, 0.25) is 0 Å². The molecule has 2 rings (SSSR count). The molecule has 2 nitrogen and oxygen atoms in total. The van der Waals surface area contributed by atoms with Gasteiger partial charge in [0.25, 0.3) is 0 Å². The van der Waals surface area contributed by atoms with E-state index in [-0.39, 0.29) is 11.9 Å². The average molecular weight is 301 g/mol. The third kappa shape index (κ3) is 2.49. The highest BCUT2D eigenvalue weighted by Gasteiger charge is 2.14. The normalized spacial score (nSPS) is 12.7. The third-order valence-electron chi connectivity index (χ3n) is 2.24. The SMILES string of the molecule is NNC(c1ccc(F)cc1)c1cc(Br)cs1. The number of halogens is 2. The van der Waals surface area contributed by atoms with Gasteiger partial charge in [-0.05, 0) is 39.7 Å². The molecule has 5 heteroatoms. The van der Waals surface area contributed by atoms with E-state index in [1.165, 1.54) is 12.1 Å². The van der Waals surface area contributed by atoms with Crippen molar-refractivity contribution in [3.05, 3.63) is 56.4 Å². The van der Waals surface area contributed by atoms with Crippen LogP contribution in [0.3, 0.4) is 0 Å². The van der Waals surface area contributed by atoms with Crippen LogP contribution in [-0.2, 0) is 0 Å². The Hall–Kier alpha value is -0.750. The number of hydrogen-bond donors (Lipinski definition) is 2. The van der Waals surface area contributed by atoms with Crippen molar-refractivity contribution in [2.24, 2.45) is 5.84 Å². The Bertz CT molecular complexity index is 469. The van der Waals surface area contributed by atoms with Crippen molar-refractivity contribution < 1.29 is 4.39 Å². The van der Waals surface area contributed by atoms with Gasteiger partial charge in [-0.25, -0.2) is 9.82 Å². The van der Waals surface area contributed by atoms with Crippen LogP contribution in [0, 0.1) is 5.82 Å². The van der Waals surface area contributed by atoms with Gasteiger partial charge in [0.2, 0.25) is 0 Å². The summed E-state index contributed by atoms with van der Waals surface area (Å²) in [6.07, 6.45) is 0. The first-order valence-electron chi connectivity index (χ1n) is 4.66. The molecule has 1 heterocycles. The highest BCUT2D eigenvalue weighted by molar-refractivity contribution is 9.10. The summed E-state index contributed by atoms with van der Waals surface area (Å²) in [5.41, 5.74) is 3.68. The Kier molecular flexibility index (Phi) is 3.70. The van der Waals surface area contributed by atoms with Crippen LogP contribution >= 0.6 is 27.3 Å². The van der Waals surface area contributed by atoms with Gasteiger partial charge in [0.05, 0.1) is 6.04 Å². The molecule has 0 aliphatic carbocycles. The van der Waals surface area contributed by atoms with Gasteiger partial charge >= 0.3 is 0 Å². The zero-order valence-electron chi connectivity index (χ0n) is 8.28. The van der Waals surface area contributed by atoms with Crippen molar-refractivity contribution in [3.63, 3.8) is 0 Å². The molecule has 0 aliphatic heterocycles. The Balaban J connectivity index is 2.32. The van der Waals surface area contributed by atoms with Gasteiger partial charge in [0.15, 0.2) is 0 Å². The first kappa shape index (κ1) is 11.7. The van der Waals surface area contributed by atoms with E-state index in [0.717, 1.165) is 14.9 Å². The molecule has 1 aromatic heterocycles. The van der Waals surface area contributed by atoms with Gasteiger partial charge in [0, 0.05) is 14.7 Å². The quantitative estimate of drug-likeness (QED) is 0.675. The molecule has 1 unspecified atom stereocenters. The molecule has 16 heavy (non-hydrogen) atoms. The van der Waals surface area contributed by atoms with E-state index < -0.39 is 0 Å². The number of benzene rings is 1. The summed E-state index contributed by atoms with van der Waals surface area (Å²) in [7, 11) is 0. The molecule has 0 saturated carbocycles. The summed E-state index contributed by atoms with van der Waals surface area (Å²) < 4.78 is 13.8. The second-order valence-corrected chi connectivity index (χ2v) is 5.18. The van der Waals surface area contributed by atoms with E-state index in [9.17, 15) is 4.39 Å². The molecule has 1 atom stereocenters. The van der Waals surface area contributed by atoms with E-state index in [1.54, 1.807) is 23.5 Å². The molecule has 0 radical (unpaired) electrons. The van der Waals surface area contributed by atoms with Gasteiger partial charge in [-0.1, -0.05) is 12.1 Å². The smallest absolute Gasteiger partial charge is 0.123 e. The van der Waals surface area contributed by atoms with E-state index in [2.05, 4.69) is 21.4 Å². The molecule has 0 aliphatic rings. The summed E-state index contributed by atoms with van der Waals surface area (Å²) in [4.78, 5) is 1.08. The minimum atomic E-state index is -0.244. The number of hydrogen-bond acceptors (Lipinski definition) is 3. The Morgan fingerprint density at radius 2 is 2.00 bits per heavy atom. The monoisotopic (exact) mass is 300 g/mol. The lowest BCUT2D eigenvalue weighted by Crippen LogP contribution is -2.28. The maximum Gasteiger partial charge on any atom is 0.123 e. The summed E-state index contributed by atoms with van der Waals surface area (Å²) in [5.74, 6) is 5.29. The first-order chi connectivity index (χ1) is 7.70. The molecule has 0 fully saturated rings. The lowest BCUT2D eigenvalue weighted by atomic mass is 10.1. The molecular formula is C11H10BrFN2S. The van der Waals surface area contributed by atoms with Gasteiger partial charge in [-0.3, -0.25) is 5.84 Å². The van der Waals surface area contributed by atoms with Crippen LogP contribution in [0.15, 0.2) is 40.2 Å². The molecular weight excluding hydrogens is 291 g/mol. The molecule has 3 N–H and O–H groups in total. The van der Waals surface area contributed by atoms with Crippen molar-refractivity contribution in [2.45, 2.75) is 6.04 Å². The molecule has 1 aromatic carbocycles. The van der Waals surface area contributed by atoms with Gasteiger partial charge < -0.3 is 0 Å². The summed E-state index contributed by atoms with van der Waals surface area (Å²) in [6, 6.07) is 8.22. The molecule has 2 aromatic rings. The van der Waals surface area contributed by atoms with Crippen LogP contribution < -0.4 is 11.3 Å². The zero-order chi connectivity index (χ0) is 11.5. The van der Waals surface area contributed by atoms with Crippen molar-refractivity contribution in [3.8, 4) is 0 Å². The number of rotatable bonds is 3. The number of thiophene rings is 1. The van der Waals surface area contributed by atoms with Crippen LogP contribution in [-0.4, -0.2) is 0 Å². The van der Waals surface area contributed by atoms with Crippen molar-refractivity contribution in [1.29, 1.82) is 0 Å². The number of hydrazine groups is 1. The van der Waals surface area contributed by atoms with Crippen molar-refractivity contribution in [2.75, 3.05) is 0 Å². The second kappa shape index (κ2) is 5.05. The first-order valence-corrected chi connectivity index (χ1v) is 6.33.